The Morgan fingerprint density at radius 1 is 1.17 bits per heavy atom. The first-order valence-electron chi connectivity index (χ1n) is 7.57. The van der Waals surface area contributed by atoms with Crippen molar-refractivity contribution < 1.29 is 4.79 Å². The first-order chi connectivity index (χ1) is 10.9. The zero-order chi connectivity index (χ0) is 17.0. The Morgan fingerprint density at radius 2 is 1.83 bits per heavy atom. The molecule has 2 aromatic rings. The third-order valence-corrected chi connectivity index (χ3v) is 4.22. The largest absolute Gasteiger partial charge is 0.345 e. The maximum absolute atomic E-state index is 12.3. The first kappa shape index (κ1) is 17.8. The van der Waals surface area contributed by atoms with Gasteiger partial charge in [-0.3, -0.25) is 4.79 Å². The van der Waals surface area contributed by atoms with Gasteiger partial charge in [0.1, 0.15) is 5.15 Å². The molecule has 2 rings (SSSR count). The molecule has 0 aliphatic rings. The van der Waals surface area contributed by atoms with Crippen molar-refractivity contribution in [2.45, 2.75) is 33.2 Å². The molecule has 0 radical (unpaired) electrons. The van der Waals surface area contributed by atoms with Gasteiger partial charge in [-0.2, -0.15) is 0 Å². The second-order valence-electron chi connectivity index (χ2n) is 6.03. The molecule has 122 valence electrons. The van der Waals surface area contributed by atoms with E-state index in [0.717, 1.165) is 12.0 Å². The van der Waals surface area contributed by atoms with Crippen LogP contribution in [-0.2, 0) is 6.42 Å². The number of benzene rings is 1. The monoisotopic (exact) mass is 350 g/mol. The minimum atomic E-state index is -0.227. The highest BCUT2D eigenvalue weighted by Gasteiger charge is 2.13. The van der Waals surface area contributed by atoms with Crippen LogP contribution >= 0.6 is 23.2 Å². The molecule has 1 atom stereocenters. The molecule has 0 aliphatic carbocycles. The van der Waals surface area contributed by atoms with Crippen molar-refractivity contribution >= 4 is 29.1 Å². The van der Waals surface area contributed by atoms with E-state index in [1.807, 2.05) is 6.92 Å². The molecule has 0 fully saturated rings. The van der Waals surface area contributed by atoms with Gasteiger partial charge in [-0.1, -0.05) is 61.3 Å². The molecule has 1 aromatic heterocycles. The number of amides is 1. The predicted molar refractivity (Wildman–Crippen MR) is 95.1 cm³/mol. The Bertz CT molecular complexity index is 684. The third-order valence-electron chi connectivity index (χ3n) is 3.53. The van der Waals surface area contributed by atoms with E-state index in [1.54, 1.807) is 0 Å². The minimum absolute atomic E-state index is 0.106. The molecule has 1 aromatic carbocycles. The molecule has 0 aliphatic heterocycles. The van der Waals surface area contributed by atoms with Gasteiger partial charge in [0.25, 0.3) is 5.91 Å². The van der Waals surface area contributed by atoms with E-state index < -0.39 is 0 Å². The topological polar surface area (TPSA) is 42.0 Å². The van der Waals surface area contributed by atoms with Gasteiger partial charge in [0.15, 0.2) is 0 Å². The van der Waals surface area contributed by atoms with Crippen LogP contribution in [0.4, 0.5) is 0 Å². The molecule has 3 nitrogen and oxygen atoms in total. The fourth-order valence-corrected chi connectivity index (χ4v) is 2.59. The van der Waals surface area contributed by atoms with Gasteiger partial charge in [0, 0.05) is 6.20 Å². The lowest BCUT2D eigenvalue weighted by Gasteiger charge is -2.15. The average Bonchev–Trinajstić information content (AvgIpc) is 2.50. The number of rotatable bonds is 5. The van der Waals surface area contributed by atoms with Crippen molar-refractivity contribution in [1.82, 2.24) is 10.3 Å². The van der Waals surface area contributed by atoms with Crippen LogP contribution in [0.25, 0.3) is 0 Å². The summed E-state index contributed by atoms with van der Waals surface area (Å²) >= 11 is 11.7. The van der Waals surface area contributed by atoms with E-state index in [1.165, 1.54) is 17.8 Å². The van der Waals surface area contributed by atoms with Crippen molar-refractivity contribution in [2.24, 2.45) is 5.92 Å². The first-order valence-corrected chi connectivity index (χ1v) is 8.33. The molecular weight excluding hydrogens is 331 g/mol. The van der Waals surface area contributed by atoms with Gasteiger partial charge in [0.05, 0.1) is 16.6 Å². The van der Waals surface area contributed by atoms with E-state index >= 15 is 0 Å². The van der Waals surface area contributed by atoms with E-state index in [-0.39, 0.29) is 22.1 Å². The maximum atomic E-state index is 12.3. The normalized spacial score (nSPS) is 12.3. The number of nitrogens with one attached hydrogen (secondary N) is 1. The van der Waals surface area contributed by atoms with Gasteiger partial charge in [-0.05, 0) is 36.5 Å². The van der Waals surface area contributed by atoms with Gasteiger partial charge in [0.2, 0.25) is 0 Å². The van der Waals surface area contributed by atoms with Crippen molar-refractivity contribution in [1.29, 1.82) is 0 Å². The van der Waals surface area contributed by atoms with Crippen LogP contribution < -0.4 is 5.32 Å². The summed E-state index contributed by atoms with van der Waals surface area (Å²) in [5, 5.41) is 3.40. The smallest absolute Gasteiger partial charge is 0.253 e. The summed E-state index contributed by atoms with van der Waals surface area (Å²) in [6, 6.07) is 9.73. The number of aromatic nitrogens is 1. The van der Waals surface area contributed by atoms with Gasteiger partial charge in [-0.25, -0.2) is 4.98 Å². The highest BCUT2D eigenvalue weighted by Crippen LogP contribution is 2.21. The SMILES string of the molecule is CC(C)Cc1ccc([C@@H](C)NC(=O)c2cnc(Cl)c(Cl)c2)cc1. The lowest BCUT2D eigenvalue weighted by molar-refractivity contribution is 0.0939. The van der Waals surface area contributed by atoms with Crippen LogP contribution in [0.5, 0.6) is 0 Å². The molecule has 0 saturated heterocycles. The lowest BCUT2D eigenvalue weighted by atomic mass is 10.00. The number of hydrogen-bond donors (Lipinski definition) is 1. The summed E-state index contributed by atoms with van der Waals surface area (Å²) in [5.74, 6) is 0.398. The molecule has 0 saturated carbocycles. The Balaban J connectivity index is 2.04. The van der Waals surface area contributed by atoms with Crippen LogP contribution in [0.2, 0.25) is 10.2 Å². The molecule has 0 bridgehead atoms. The molecule has 1 heterocycles. The summed E-state index contributed by atoms with van der Waals surface area (Å²) in [6.07, 6.45) is 2.47. The van der Waals surface area contributed by atoms with E-state index in [0.29, 0.717) is 11.5 Å². The van der Waals surface area contributed by atoms with Gasteiger partial charge >= 0.3 is 0 Å². The van der Waals surface area contributed by atoms with Crippen molar-refractivity contribution in [3.05, 3.63) is 63.4 Å². The summed E-state index contributed by atoms with van der Waals surface area (Å²) < 4.78 is 0. The molecule has 23 heavy (non-hydrogen) atoms. The quantitative estimate of drug-likeness (QED) is 0.764. The van der Waals surface area contributed by atoms with E-state index in [2.05, 4.69) is 48.4 Å². The number of carbonyl (C=O) groups excluding carboxylic acids is 1. The predicted octanol–water partition coefficient (Wildman–Crippen LogP) is 5.08. The summed E-state index contributed by atoms with van der Waals surface area (Å²) in [4.78, 5) is 16.1. The Kier molecular flexibility index (Phi) is 6.03. The second-order valence-corrected chi connectivity index (χ2v) is 6.80. The zero-order valence-corrected chi connectivity index (χ0v) is 14.9. The molecule has 1 amide bonds. The maximum Gasteiger partial charge on any atom is 0.253 e. The number of carbonyl (C=O) groups is 1. The van der Waals surface area contributed by atoms with Crippen molar-refractivity contribution in [3.63, 3.8) is 0 Å². The highest BCUT2D eigenvalue weighted by molar-refractivity contribution is 6.41. The van der Waals surface area contributed by atoms with E-state index in [4.69, 9.17) is 23.2 Å². The van der Waals surface area contributed by atoms with Crippen LogP contribution in [0.3, 0.4) is 0 Å². The molecular formula is C18H20Cl2N2O. The minimum Gasteiger partial charge on any atom is -0.345 e. The molecule has 0 spiro atoms. The van der Waals surface area contributed by atoms with Gasteiger partial charge in [-0.15, -0.1) is 0 Å². The van der Waals surface area contributed by atoms with Crippen LogP contribution in [-0.4, -0.2) is 10.9 Å². The molecule has 1 N–H and O–H groups in total. The van der Waals surface area contributed by atoms with E-state index in [9.17, 15) is 4.79 Å². The summed E-state index contributed by atoms with van der Waals surface area (Å²) in [6.45, 7) is 6.34. The number of pyridine rings is 1. The standard InChI is InChI=1S/C18H20Cl2N2O/c1-11(2)8-13-4-6-14(7-5-13)12(3)22-18(23)15-9-16(19)17(20)21-10-15/h4-7,9-12H,8H2,1-3H3,(H,22,23)/t12-/m1/s1. The number of nitrogens with zero attached hydrogens (tertiary/aromatic N) is 1. The van der Waals surface area contributed by atoms with Crippen molar-refractivity contribution in [3.8, 4) is 0 Å². The van der Waals surface area contributed by atoms with Crippen molar-refractivity contribution in [2.75, 3.05) is 0 Å². The Morgan fingerprint density at radius 3 is 2.39 bits per heavy atom. The van der Waals surface area contributed by atoms with Crippen LogP contribution in [0.15, 0.2) is 36.5 Å². The van der Waals surface area contributed by atoms with Crippen LogP contribution in [0, 0.1) is 5.92 Å². The fraction of sp³-hybridized carbons (Fsp3) is 0.333. The van der Waals surface area contributed by atoms with Gasteiger partial charge < -0.3 is 5.32 Å². The Hall–Kier alpha value is -1.58. The average molecular weight is 351 g/mol. The summed E-state index contributed by atoms with van der Waals surface area (Å²) in [5.41, 5.74) is 2.75. The number of halogens is 2. The summed E-state index contributed by atoms with van der Waals surface area (Å²) in [7, 11) is 0. The lowest BCUT2D eigenvalue weighted by Crippen LogP contribution is -2.26. The zero-order valence-electron chi connectivity index (χ0n) is 13.4. The van der Waals surface area contributed by atoms with Crippen LogP contribution in [0.1, 0.15) is 48.3 Å². The number of hydrogen-bond acceptors (Lipinski definition) is 2. The second kappa shape index (κ2) is 7.80. The molecule has 0 unspecified atom stereocenters. The molecule has 5 heteroatoms. The Labute approximate surface area is 147 Å². The fourth-order valence-electron chi connectivity index (χ4n) is 2.32. The highest BCUT2D eigenvalue weighted by atomic mass is 35.5. The third kappa shape index (κ3) is 4.95.